The minimum atomic E-state index is 0.621. The summed E-state index contributed by atoms with van der Waals surface area (Å²) < 4.78 is 5.48. The Morgan fingerprint density at radius 2 is 2.13 bits per heavy atom. The first-order valence-corrected chi connectivity index (χ1v) is 5.04. The summed E-state index contributed by atoms with van der Waals surface area (Å²) in [6.45, 7) is 0.621. The zero-order valence-electron chi connectivity index (χ0n) is 8.52. The lowest BCUT2D eigenvalue weighted by Crippen LogP contribution is -1.88. The molecule has 75 valence electrons. The largest absolute Gasteiger partial charge is 0.496 e. The molecule has 0 saturated carbocycles. The van der Waals surface area contributed by atoms with Crippen LogP contribution in [0.3, 0.4) is 0 Å². The van der Waals surface area contributed by atoms with Crippen molar-refractivity contribution in [2.75, 3.05) is 0 Å². The molecule has 1 aromatic carbocycles. The Morgan fingerprint density at radius 3 is 2.87 bits per heavy atom. The van der Waals surface area contributed by atoms with Crippen LogP contribution >= 0.6 is 0 Å². The van der Waals surface area contributed by atoms with Gasteiger partial charge >= 0.3 is 0 Å². The molecule has 0 heterocycles. The summed E-state index contributed by atoms with van der Waals surface area (Å²) in [5, 5.41) is 0. The van der Waals surface area contributed by atoms with Crippen LogP contribution in [0.4, 0.5) is 0 Å². The fourth-order valence-electron chi connectivity index (χ4n) is 1.37. The van der Waals surface area contributed by atoms with Crippen molar-refractivity contribution in [3.63, 3.8) is 0 Å². The molecule has 0 aliphatic heterocycles. The second-order valence-electron chi connectivity index (χ2n) is 3.38. The van der Waals surface area contributed by atoms with E-state index in [4.69, 9.17) is 4.74 Å². The van der Waals surface area contributed by atoms with Gasteiger partial charge in [0.15, 0.2) is 0 Å². The molecule has 0 spiro atoms. The summed E-state index contributed by atoms with van der Waals surface area (Å²) in [6, 6.07) is 10.1. The van der Waals surface area contributed by atoms with Crippen LogP contribution in [0.1, 0.15) is 12.0 Å². The molecular formula is C14H13O. The molecular weight excluding hydrogens is 184 g/mol. The second kappa shape index (κ2) is 5.20. The molecule has 0 N–H and O–H groups in total. The van der Waals surface area contributed by atoms with Gasteiger partial charge in [0, 0.05) is 0 Å². The van der Waals surface area contributed by atoms with E-state index in [0.29, 0.717) is 6.61 Å². The van der Waals surface area contributed by atoms with Crippen molar-refractivity contribution in [1.29, 1.82) is 0 Å². The van der Waals surface area contributed by atoms with E-state index in [1.807, 2.05) is 30.4 Å². The number of hydrogen-bond donors (Lipinski definition) is 0. The van der Waals surface area contributed by atoms with Crippen LogP contribution in [-0.2, 0) is 11.3 Å². The van der Waals surface area contributed by atoms with Gasteiger partial charge in [0.05, 0.1) is 6.26 Å². The molecule has 1 aliphatic rings. The highest BCUT2D eigenvalue weighted by molar-refractivity contribution is 5.23. The topological polar surface area (TPSA) is 9.23 Å². The zero-order chi connectivity index (χ0) is 10.3. The number of rotatable bonds is 3. The van der Waals surface area contributed by atoms with E-state index in [2.05, 4.69) is 24.3 Å². The molecule has 0 bridgehead atoms. The van der Waals surface area contributed by atoms with E-state index in [1.54, 1.807) is 6.26 Å². The molecule has 0 unspecified atom stereocenters. The first kappa shape index (κ1) is 9.78. The minimum Gasteiger partial charge on any atom is -0.496 e. The fourth-order valence-corrected chi connectivity index (χ4v) is 1.37. The quantitative estimate of drug-likeness (QED) is 0.675. The maximum Gasteiger partial charge on any atom is 0.112 e. The van der Waals surface area contributed by atoms with Crippen molar-refractivity contribution in [2.45, 2.75) is 13.0 Å². The summed E-state index contributed by atoms with van der Waals surface area (Å²) in [4.78, 5) is 0. The Kier molecular flexibility index (Phi) is 3.39. The predicted octanol–water partition coefficient (Wildman–Crippen LogP) is 3.41. The van der Waals surface area contributed by atoms with Crippen LogP contribution in [0.25, 0.3) is 0 Å². The van der Waals surface area contributed by atoms with Gasteiger partial charge in [-0.25, -0.2) is 0 Å². The van der Waals surface area contributed by atoms with E-state index in [0.717, 1.165) is 12.0 Å². The van der Waals surface area contributed by atoms with Crippen LogP contribution in [0, 0.1) is 6.08 Å². The molecule has 1 heteroatoms. The highest BCUT2D eigenvalue weighted by Gasteiger charge is 1.94. The third-order valence-electron chi connectivity index (χ3n) is 2.16. The Labute approximate surface area is 90.4 Å². The average Bonchev–Trinajstić information content (AvgIpc) is 2.32. The van der Waals surface area contributed by atoms with Gasteiger partial charge in [0.1, 0.15) is 6.61 Å². The average molecular weight is 197 g/mol. The van der Waals surface area contributed by atoms with E-state index in [1.165, 1.54) is 5.56 Å². The molecule has 1 aliphatic carbocycles. The molecule has 0 amide bonds. The van der Waals surface area contributed by atoms with Crippen molar-refractivity contribution in [3.05, 3.63) is 72.0 Å². The van der Waals surface area contributed by atoms with E-state index < -0.39 is 0 Å². The predicted molar refractivity (Wildman–Crippen MR) is 60.9 cm³/mol. The Balaban J connectivity index is 1.84. The van der Waals surface area contributed by atoms with E-state index in [9.17, 15) is 0 Å². The van der Waals surface area contributed by atoms with Crippen LogP contribution in [-0.4, -0.2) is 0 Å². The molecule has 15 heavy (non-hydrogen) atoms. The van der Waals surface area contributed by atoms with Crippen LogP contribution < -0.4 is 0 Å². The molecule has 0 fully saturated rings. The van der Waals surface area contributed by atoms with Gasteiger partial charge < -0.3 is 4.74 Å². The number of benzene rings is 1. The Hall–Kier alpha value is -1.76. The minimum absolute atomic E-state index is 0.621. The van der Waals surface area contributed by atoms with Gasteiger partial charge in [-0.2, -0.15) is 0 Å². The third kappa shape index (κ3) is 3.13. The lowest BCUT2D eigenvalue weighted by atomic mass is 10.1. The van der Waals surface area contributed by atoms with Gasteiger partial charge in [-0.15, -0.1) is 0 Å². The normalized spacial score (nSPS) is 16.9. The standard InChI is InChI=1S/C14H13O/c1-3-7-13(8-4-1)11-15-12-14-9-5-2-6-10-14/h1-8,12H,9,11H2. The van der Waals surface area contributed by atoms with Crippen LogP contribution in [0.5, 0.6) is 0 Å². The van der Waals surface area contributed by atoms with Crippen molar-refractivity contribution < 1.29 is 4.74 Å². The fraction of sp³-hybridized carbons (Fsp3) is 0.143. The molecule has 0 aromatic heterocycles. The molecule has 2 rings (SSSR count). The lowest BCUT2D eigenvalue weighted by Gasteiger charge is -2.04. The van der Waals surface area contributed by atoms with Crippen molar-refractivity contribution in [3.8, 4) is 0 Å². The zero-order valence-corrected chi connectivity index (χ0v) is 8.52. The first-order chi connectivity index (χ1) is 7.45. The van der Waals surface area contributed by atoms with Crippen LogP contribution in [0.2, 0.25) is 0 Å². The summed E-state index contributed by atoms with van der Waals surface area (Å²) in [5.74, 6) is 0. The van der Waals surface area contributed by atoms with Gasteiger partial charge in [-0.05, 0) is 23.6 Å². The monoisotopic (exact) mass is 197 g/mol. The summed E-state index contributed by atoms with van der Waals surface area (Å²) in [6.07, 6.45) is 11.8. The smallest absolute Gasteiger partial charge is 0.112 e. The lowest BCUT2D eigenvalue weighted by molar-refractivity contribution is 0.233. The summed E-state index contributed by atoms with van der Waals surface area (Å²) in [7, 11) is 0. The van der Waals surface area contributed by atoms with Crippen molar-refractivity contribution in [1.82, 2.24) is 0 Å². The molecule has 1 radical (unpaired) electrons. The molecule has 1 aromatic rings. The van der Waals surface area contributed by atoms with Crippen molar-refractivity contribution in [2.24, 2.45) is 0 Å². The summed E-state index contributed by atoms with van der Waals surface area (Å²) >= 11 is 0. The van der Waals surface area contributed by atoms with Gasteiger partial charge in [0.25, 0.3) is 0 Å². The van der Waals surface area contributed by atoms with Gasteiger partial charge in [-0.1, -0.05) is 48.6 Å². The Bertz CT molecular complexity index is 385. The second-order valence-corrected chi connectivity index (χ2v) is 3.38. The Morgan fingerprint density at radius 1 is 1.27 bits per heavy atom. The summed E-state index contributed by atoms with van der Waals surface area (Å²) in [5.41, 5.74) is 2.28. The van der Waals surface area contributed by atoms with E-state index >= 15 is 0 Å². The maximum absolute atomic E-state index is 5.48. The highest BCUT2D eigenvalue weighted by Crippen LogP contribution is 2.10. The number of hydrogen-bond acceptors (Lipinski definition) is 1. The number of ether oxygens (including phenoxy) is 1. The maximum atomic E-state index is 5.48. The van der Waals surface area contributed by atoms with Gasteiger partial charge in [0.2, 0.25) is 0 Å². The third-order valence-corrected chi connectivity index (χ3v) is 2.16. The van der Waals surface area contributed by atoms with Crippen molar-refractivity contribution >= 4 is 0 Å². The SMILES string of the molecule is [C]1=CC=CCC1=COCc1ccccc1. The molecule has 0 saturated heterocycles. The molecule has 0 atom stereocenters. The van der Waals surface area contributed by atoms with E-state index in [-0.39, 0.29) is 0 Å². The van der Waals surface area contributed by atoms with Crippen LogP contribution in [0.15, 0.2) is 60.4 Å². The first-order valence-electron chi connectivity index (χ1n) is 5.04. The van der Waals surface area contributed by atoms with Gasteiger partial charge in [-0.3, -0.25) is 0 Å². The molecule has 1 nitrogen and oxygen atoms in total. The highest BCUT2D eigenvalue weighted by atomic mass is 16.5. The number of allylic oxidation sites excluding steroid dienone is 5.